The Morgan fingerprint density at radius 2 is 1.61 bits per heavy atom. The zero-order chi connectivity index (χ0) is 23.0. The van der Waals surface area contributed by atoms with E-state index in [4.69, 9.17) is 9.47 Å². The molecule has 2 amide bonds. The Hall–Kier alpha value is -3.35. The van der Waals surface area contributed by atoms with Crippen molar-refractivity contribution >= 4 is 17.8 Å². The molecule has 0 heterocycles. The van der Waals surface area contributed by atoms with Crippen molar-refractivity contribution in [1.29, 1.82) is 0 Å². The van der Waals surface area contributed by atoms with E-state index in [1.54, 1.807) is 45.2 Å². The molecule has 166 valence electrons. The first-order chi connectivity index (χ1) is 14.7. The highest BCUT2D eigenvalue weighted by atomic mass is 16.5. The van der Waals surface area contributed by atoms with Crippen LogP contribution in [-0.4, -0.2) is 37.0 Å². The Morgan fingerprint density at radius 1 is 0.968 bits per heavy atom. The maximum atomic E-state index is 12.7. The number of aryl methyl sites for hydroxylation is 1. The summed E-state index contributed by atoms with van der Waals surface area (Å²) in [4.78, 5) is 37.6. The summed E-state index contributed by atoms with van der Waals surface area (Å²) < 4.78 is 10.4. The number of nitrogens with one attached hydrogen (secondary N) is 2. The topological polar surface area (TPSA) is 93.7 Å². The second kappa shape index (κ2) is 11.2. The quantitative estimate of drug-likeness (QED) is 0.601. The average molecular weight is 427 g/mol. The van der Waals surface area contributed by atoms with Gasteiger partial charge in [-0.15, -0.1) is 0 Å². The van der Waals surface area contributed by atoms with E-state index >= 15 is 0 Å². The van der Waals surface area contributed by atoms with Crippen molar-refractivity contribution in [1.82, 2.24) is 10.6 Å². The smallest absolute Gasteiger partial charge is 0.329 e. The maximum Gasteiger partial charge on any atom is 0.329 e. The number of amides is 2. The molecule has 0 spiro atoms. The van der Waals surface area contributed by atoms with Crippen LogP contribution < -0.4 is 15.4 Å². The van der Waals surface area contributed by atoms with E-state index < -0.39 is 24.0 Å². The number of ether oxygens (including phenoxy) is 2. The molecule has 2 rings (SSSR count). The molecule has 0 bridgehead atoms. The summed E-state index contributed by atoms with van der Waals surface area (Å²) in [7, 11) is 1.58. The first kappa shape index (κ1) is 23.9. The van der Waals surface area contributed by atoms with Crippen LogP contribution in [0.25, 0.3) is 0 Å². The monoisotopic (exact) mass is 426 g/mol. The van der Waals surface area contributed by atoms with Gasteiger partial charge >= 0.3 is 5.97 Å². The van der Waals surface area contributed by atoms with Gasteiger partial charge in [0.15, 0.2) is 6.10 Å². The lowest BCUT2D eigenvalue weighted by Gasteiger charge is -2.23. The number of hydrogen-bond donors (Lipinski definition) is 2. The predicted molar refractivity (Wildman–Crippen MR) is 118 cm³/mol. The second-order valence-electron chi connectivity index (χ2n) is 7.66. The van der Waals surface area contributed by atoms with Gasteiger partial charge < -0.3 is 20.1 Å². The molecule has 0 aromatic heterocycles. The van der Waals surface area contributed by atoms with E-state index in [2.05, 4.69) is 10.6 Å². The summed E-state index contributed by atoms with van der Waals surface area (Å²) in [5.41, 5.74) is 2.19. The Morgan fingerprint density at radius 3 is 2.19 bits per heavy atom. The molecule has 0 fully saturated rings. The van der Waals surface area contributed by atoms with Crippen molar-refractivity contribution < 1.29 is 23.9 Å². The molecule has 7 heteroatoms. The average Bonchev–Trinajstić information content (AvgIpc) is 2.75. The van der Waals surface area contributed by atoms with Crippen molar-refractivity contribution in [2.75, 3.05) is 7.11 Å². The van der Waals surface area contributed by atoms with Gasteiger partial charge in [0.05, 0.1) is 7.11 Å². The molecule has 7 nitrogen and oxygen atoms in total. The van der Waals surface area contributed by atoms with Gasteiger partial charge in [0.25, 0.3) is 11.8 Å². The van der Waals surface area contributed by atoms with Crippen molar-refractivity contribution in [2.24, 2.45) is 5.92 Å². The van der Waals surface area contributed by atoms with Crippen LogP contribution in [0.4, 0.5) is 0 Å². The molecule has 2 N–H and O–H groups in total. The van der Waals surface area contributed by atoms with Crippen molar-refractivity contribution in [2.45, 2.75) is 46.4 Å². The first-order valence-electron chi connectivity index (χ1n) is 10.2. The van der Waals surface area contributed by atoms with Gasteiger partial charge in [0.1, 0.15) is 11.8 Å². The SMILES string of the molecule is COc1ccc(CNC(=O)[C@H](C)OC(=O)[C@@H](NC(=O)c2ccccc2C)C(C)C)cc1. The van der Waals surface area contributed by atoms with Crippen molar-refractivity contribution in [3.63, 3.8) is 0 Å². The molecule has 0 aliphatic rings. The van der Waals surface area contributed by atoms with E-state index in [1.807, 2.05) is 31.2 Å². The Balaban J connectivity index is 1.93. The highest BCUT2D eigenvalue weighted by Crippen LogP contribution is 2.12. The minimum atomic E-state index is -0.998. The van der Waals surface area contributed by atoms with Gasteiger partial charge in [-0.2, -0.15) is 0 Å². The van der Waals surface area contributed by atoms with Crippen LogP contribution in [0.5, 0.6) is 5.75 Å². The molecule has 31 heavy (non-hydrogen) atoms. The zero-order valence-corrected chi connectivity index (χ0v) is 18.6. The number of benzene rings is 2. The fraction of sp³-hybridized carbons (Fsp3) is 0.375. The molecule has 0 radical (unpaired) electrons. The van der Waals surface area contributed by atoms with Crippen LogP contribution in [0, 0.1) is 12.8 Å². The molecular formula is C24H30N2O5. The summed E-state index contributed by atoms with van der Waals surface area (Å²) in [6.07, 6.45) is -0.998. The number of esters is 1. The molecule has 2 aromatic carbocycles. The van der Waals surface area contributed by atoms with Gasteiger partial charge in [0, 0.05) is 12.1 Å². The maximum absolute atomic E-state index is 12.7. The zero-order valence-electron chi connectivity index (χ0n) is 18.6. The molecule has 0 saturated heterocycles. The van der Waals surface area contributed by atoms with Crippen LogP contribution in [0.1, 0.15) is 42.3 Å². The van der Waals surface area contributed by atoms with Gasteiger partial charge in [-0.1, -0.05) is 44.2 Å². The molecule has 0 saturated carbocycles. The van der Waals surface area contributed by atoms with Crippen LogP contribution in [0.15, 0.2) is 48.5 Å². The number of carbonyl (C=O) groups is 3. The molecule has 0 aliphatic carbocycles. The lowest BCUT2D eigenvalue weighted by atomic mass is 10.0. The van der Waals surface area contributed by atoms with E-state index in [-0.39, 0.29) is 11.8 Å². The van der Waals surface area contributed by atoms with E-state index in [9.17, 15) is 14.4 Å². The highest BCUT2D eigenvalue weighted by Gasteiger charge is 2.29. The molecule has 0 aliphatic heterocycles. The van der Waals surface area contributed by atoms with Crippen molar-refractivity contribution in [3.8, 4) is 5.75 Å². The van der Waals surface area contributed by atoms with E-state index in [0.29, 0.717) is 12.1 Å². The summed E-state index contributed by atoms with van der Waals surface area (Å²) in [5.74, 6) is -0.911. The highest BCUT2D eigenvalue weighted by molar-refractivity contribution is 5.98. The Kier molecular flexibility index (Phi) is 8.61. The van der Waals surface area contributed by atoms with Crippen LogP contribution >= 0.6 is 0 Å². The molecule has 0 unspecified atom stereocenters. The minimum Gasteiger partial charge on any atom is -0.497 e. The van der Waals surface area contributed by atoms with E-state index in [0.717, 1.165) is 16.9 Å². The second-order valence-corrected chi connectivity index (χ2v) is 7.66. The van der Waals surface area contributed by atoms with Crippen LogP contribution in [-0.2, 0) is 20.9 Å². The molecular weight excluding hydrogens is 396 g/mol. The van der Waals surface area contributed by atoms with Crippen LogP contribution in [0.3, 0.4) is 0 Å². The Labute approximate surface area is 183 Å². The van der Waals surface area contributed by atoms with Gasteiger partial charge in [-0.25, -0.2) is 4.79 Å². The summed E-state index contributed by atoms with van der Waals surface area (Å²) in [6, 6.07) is 13.5. The minimum absolute atomic E-state index is 0.213. The lowest BCUT2D eigenvalue weighted by molar-refractivity contribution is -0.157. The fourth-order valence-corrected chi connectivity index (χ4v) is 2.92. The normalized spacial score (nSPS) is 12.6. The van der Waals surface area contributed by atoms with Gasteiger partial charge in [0.2, 0.25) is 0 Å². The number of rotatable bonds is 9. The van der Waals surface area contributed by atoms with Crippen LogP contribution in [0.2, 0.25) is 0 Å². The Bertz CT molecular complexity index is 908. The first-order valence-corrected chi connectivity index (χ1v) is 10.2. The summed E-state index contributed by atoms with van der Waals surface area (Å²) >= 11 is 0. The van der Waals surface area contributed by atoms with E-state index in [1.165, 1.54) is 6.92 Å². The third-order valence-corrected chi connectivity index (χ3v) is 4.88. The third kappa shape index (κ3) is 6.84. The number of methoxy groups -OCH3 is 1. The molecule has 2 aromatic rings. The molecule has 2 atom stereocenters. The predicted octanol–water partition coefficient (Wildman–Crippen LogP) is 3.01. The standard InChI is InChI=1S/C24H30N2O5/c1-15(2)21(26-23(28)20-9-7-6-8-16(20)3)24(29)31-17(4)22(27)25-14-18-10-12-19(30-5)13-11-18/h6-13,15,17,21H,14H2,1-5H3,(H,25,27)(H,26,28)/t17-,21-/m0/s1. The fourth-order valence-electron chi connectivity index (χ4n) is 2.92. The number of hydrogen-bond acceptors (Lipinski definition) is 5. The van der Waals surface area contributed by atoms with Crippen molar-refractivity contribution in [3.05, 3.63) is 65.2 Å². The largest absolute Gasteiger partial charge is 0.497 e. The summed E-state index contributed by atoms with van der Waals surface area (Å²) in [6.45, 7) is 7.23. The lowest BCUT2D eigenvalue weighted by Crippen LogP contribution is -2.47. The van der Waals surface area contributed by atoms with Gasteiger partial charge in [-0.3, -0.25) is 9.59 Å². The third-order valence-electron chi connectivity index (χ3n) is 4.88. The van der Waals surface area contributed by atoms with Gasteiger partial charge in [-0.05, 0) is 49.1 Å². The number of carbonyl (C=O) groups excluding carboxylic acids is 3. The summed E-state index contributed by atoms with van der Waals surface area (Å²) in [5, 5.41) is 5.47.